The van der Waals surface area contributed by atoms with Crippen molar-refractivity contribution in [3.05, 3.63) is 29.8 Å². The molecule has 1 aromatic rings. The van der Waals surface area contributed by atoms with Gasteiger partial charge in [-0.1, -0.05) is 12.1 Å². The molecular formula is C13H21NO4S. The molecule has 5 nitrogen and oxygen atoms in total. The molecule has 0 bridgehead atoms. The van der Waals surface area contributed by atoms with Crippen molar-refractivity contribution in [1.82, 2.24) is 4.31 Å². The maximum atomic E-state index is 12.3. The fourth-order valence-electron chi connectivity index (χ4n) is 1.60. The molecule has 0 heterocycles. The maximum absolute atomic E-state index is 12.3. The fraction of sp³-hybridized carbons (Fsp3) is 0.538. The molecule has 0 radical (unpaired) electrons. The van der Waals surface area contributed by atoms with Crippen LogP contribution in [0, 0.1) is 0 Å². The van der Waals surface area contributed by atoms with Crippen LogP contribution in [-0.2, 0) is 10.0 Å². The molecule has 0 aliphatic rings. The van der Waals surface area contributed by atoms with Crippen LogP contribution >= 0.6 is 0 Å². The minimum absolute atomic E-state index is 0.152. The quantitative estimate of drug-likeness (QED) is 0.822. The summed E-state index contributed by atoms with van der Waals surface area (Å²) in [5.74, 6) is 0. The minimum Gasteiger partial charge on any atom is -0.393 e. The van der Waals surface area contributed by atoms with Crippen LogP contribution in [0.1, 0.15) is 31.9 Å². The molecule has 0 aliphatic heterocycles. The van der Waals surface area contributed by atoms with Gasteiger partial charge in [-0.25, -0.2) is 12.7 Å². The van der Waals surface area contributed by atoms with Crippen LogP contribution in [0.2, 0.25) is 0 Å². The lowest BCUT2D eigenvalue weighted by Gasteiger charge is -2.18. The molecule has 0 spiro atoms. The molecule has 1 rings (SSSR count). The molecule has 2 N–H and O–H groups in total. The van der Waals surface area contributed by atoms with Crippen molar-refractivity contribution in [3.8, 4) is 0 Å². The van der Waals surface area contributed by atoms with E-state index < -0.39 is 22.2 Å². The highest BCUT2D eigenvalue weighted by molar-refractivity contribution is 7.89. The Morgan fingerprint density at radius 2 is 1.89 bits per heavy atom. The van der Waals surface area contributed by atoms with Crippen molar-refractivity contribution >= 4 is 10.0 Å². The Morgan fingerprint density at radius 1 is 1.26 bits per heavy atom. The molecule has 6 heteroatoms. The maximum Gasteiger partial charge on any atom is 0.242 e. The summed E-state index contributed by atoms with van der Waals surface area (Å²) in [6.07, 6.45) is -0.870. The van der Waals surface area contributed by atoms with Gasteiger partial charge in [0.05, 0.1) is 17.1 Å². The first-order chi connectivity index (χ1) is 8.75. The highest BCUT2D eigenvalue weighted by Crippen LogP contribution is 2.20. The molecule has 19 heavy (non-hydrogen) atoms. The van der Waals surface area contributed by atoms with Gasteiger partial charge in [0.25, 0.3) is 0 Å². The number of hydrogen-bond donors (Lipinski definition) is 2. The number of aliphatic hydroxyl groups excluding tert-OH is 2. The fourth-order valence-corrected chi connectivity index (χ4v) is 2.84. The van der Waals surface area contributed by atoms with E-state index in [4.69, 9.17) is 0 Å². The summed E-state index contributed by atoms with van der Waals surface area (Å²) < 4.78 is 25.8. The number of rotatable bonds is 6. The van der Waals surface area contributed by atoms with Crippen molar-refractivity contribution in [3.63, 3.8) is 0 Å². The molecule has 0 fully saturated rings. The number of nitrogens with zero attached hydrogens (tertiary/aromatic N) is 1. The van der Waals surface area contributed by atoms with Crippen molar-refractivity contribution in [2.24, 2.45) is 0 Å². The van der Waals surface area contributed by atoms with Crippen LogP contribution in [0.15, 0.2) is 29.2 Å². The third kappa shape index (κ3) is 4.28. The number of hydrogen-bond acceptors (Lipinski definition) is 4. The largest absolute Gasteiger partial charge is 0.393 e. The van der Waals surface area contributed by atoms with E-state index in [1.807, 2.05) is 0 Å². The van der Waals surface area contributed by atoms with E-state index in [0.29, 0.717) is 12.0 Å². The molecule has 2 unspecified atom stereocenters. The lowest BCUT2D eigenvalue weighted by Crippen LogP contribution is -2.29. The first-order valence-electron chi connectivity index (χ1n) is 6.17. The standard InChI is InChI=1S/C13H21NO4S/c1-10(15)7-8-14(3)19(17,18)13-6-4-5-12(9-13)11(2)16/h4-6,9-11,15-16H,7-8H2,1-3H3. The van der Waals surface area contributed by atoms with Gasteiger partial charge in [-0.3, -0.25) is 0 Å². The summed E-state index contributed by atoms with van der Waals surface area (Å²) in [6.45, 7) is 3.45. The average molecular weight is 287 g/mol. The molecule has 0 saturated heterocycles. The van der Waals surface area contributed by atoms with Crippen molar-refractivity contribution in [2.75, 3.05) is 13.6 Å². The third-order valence-electron chi connectivity index (χ3n) is 2.91. The Labute approximate surface area is 114 Å². The van der Waals surface area contributed by atoms with Crippen LogP contribution in [-0.4, -0.2) is 42.6 Å². The van der Waals surface area contributed by atoms with Crippen LogP contribution in [0.25, 0.3) is 0 Å². The topological polar surface area (TPSA) is 77.8 Å². The van der Waals surface area contributed by atoms with E-state index in [9.17, 15) is 18.6 Å². The lowest BCUT2D eigenvalue weighted by molar-refractivity contribution is 0.177. The van der Waals surface area contributed by atoms with E-state index in [1.54, 1.807) is 26.0 Å². The lowest BCUT2D eigenvalue weighted by atomic mass is 10.1. The molecule has 0 aliphatic carbocycles. The Kier molecular flexibility index (Phi) is 5.49. The van der Waals surface area contributed by atoms with Gasteiger partial charge in [0, 0.05) is 13.6 Å². The van der Waals surface area contributed by atoms with E-state index in [1.165, 1.54) is 23.5 Å². The second-order valence-electron chi connectivity index (χ2n) is 4.71. The van der Waals surface area contributed by atoms with Gasteiger partial charge in [-0.05, 0) is 38.0 Å². The van der Waals surface area contributed by atoms with Crippen LogP contribution in [0.3, 0.4) is 0 Å². The van der Waals surface area contributed by atoms with Crippen LogP contribution < -0.4 is 0 Å². The zero-order chi connectivity index (χ0) is 14.6. The van der Waals surface area contributed by atoms with Gasteiger partial charge in [-0.15, -0.1) is 0 Å². The molecule has 1 aromatic carbocycles. The van der Waals surface area contributed by atoms with Crippen LogP contribution in [0.5, 0.6) is 0 Å². The van der Waals surface area contributed by atoms with E-state index >= 15 is 0 Å². The van der Waals surface area contributed by atoms with Crippen molar-refractivity contribution < 1.29 is 18.6 Å². The average Bonchev–Trinajstić information content (AvgIpc) is 2.35. The van der Waals surface area contributed by atoms with E-state index in [-0.39, 0.29) is 11.4 Å². The van der Waals surface area contributed by atoms with E-state index in [2.05, 4.69) is 0 Å². The van der Waals surface area contributed by atoms with Gasteiger partial charge in [0.15, 0.2) is 0 Å². The first kappa shape index (κ1) is 16.1. The smallest absolute Gasteiger partial charge is 0.242 e. The summed E-state index contributed by atoms with van der Waals surface area (Å²) in [5, 5.41) is 18.7. The zero-order valence-corrected chi connectivity index (χ0v) is 12.3. The van der Waals surface area contributed by atoms with Gasteiger partial charge < -0.3 is 10.2 Å². The van der Waals surface area contributed by atoms with Gasteiger partial charge >= 0.3 is 0 Å². The molecule has 2 atom stereocenters. The summed E-state index contributed by atoms with van der Waals surface area (Å²) >= 11 is 0. The van der Waals surface area contributed by atoms with E-state index in [0.717, 1.165) is 0 Å². The van der Waals surface area contributed by atoms with Crippen molar-refractivity contribution in [2.45, 2.75) is 37.4 Å². The molecule has 0 aromatic heterocycles. The Balaban J connectivity index is 2.96. The highest BCUT2D eigenvalue weighted by Gasteiger charge is 2.21. The van der Waals surface area contributed by atoms with Gasteiger partial charge in [0.1, 0.15) is 0 Å². The second-order valence-corrected chi connectivity index (χ2v) is 6.76. The molecule has 108 valence electrons. The summed E-state index contributed by atoms with van der Waals surface area (Å²) in [6, 6.07) is 6.26. The number of sulfonamides is 1. The zero-order valence-electron chi connectivity index (χ0n) is 11.4. The van der Waals surface area contributed by atoms with Gasteiger partial charge in [0.2, 0.25) is 10.0 Å². The molecule has 0 saturated carbocycles. The van der Waals surface area contributed by atoms with Crippen LogP contribution in [0.4, 0.5) is 0 Å². The van der Waals surface area contributed by atoms with Gasteiger partial charge in [-0.2, -0.15) is 0 Å². The normalized spacial score (nSPS) is 15.5. The minimum atomic E-state index is -3.58. The summed E-state index contributed by atoms with van der Waals surface area (Å²) in [5.41, 5.74) is 0.560. The summed E-state index contributed by atoms with van der Waals surface area (Å²) in [4.78, 5) is 0.152. The van der Waals surface area contributed by atoms with Crippen molar-refractivity contribution in [1.29, 1.82) is 0 Å². The second kappa shape index (κ2) is 6.47. The SMILES string of the molecule is CC(O)CCN(C)S(=O)(=O)c1cccc(C(C)O)c1. The predicted octanol–water partition coefficient (Wildman–Crippen LogP) is 1.13. The Morgan fingerprint density at radius 3 is 2.42 bits per heavy atom. The first-order valence-corrected chi connectivity index (χ1v) is 7.61. The summed E-state index contributed by atoms with van der Waals surface area (Å²) in [7, 11) is -2.10. The third-order valence-corrected chi connectivity index (χ3v) is 4.76. The molecule has 0 amide bonds. The molecular weight excluding hydrogens is 266 g/mol. The Hall–Kier alpha value is -0.950. The number of aliphatic hydroxyl groups is 2. The highest BCUT2D eigenvalue weighted by atomic mass is 32.2. The Bertz CT molecular complexity index is 511. The number of benzene rings is 1. The predicted molar refractivity (Wildman–Crippen MR) is 73.2 cm³/mol. The monoisotopic (exact) mass is 287 g/mol.